The highest BCUT2D eigenvalue weighted by atomic mass is 19.1. The lowest BCUT2D eigenvalue weighted by Gasteiger charge is -2.37. The maximum absolute atomic E-state index is 15.9. The molecule has 0 radical (unpaired) electrons. The molecule has 266 valence electrons. The second-order valence-corrected chi connectivity index (χ2v) is 14.3. The summed E-state index contributed by atoms with van der Waals surface area (Å²) in [5.41, 5.74) is 1.36. The van der Waals surface area contributed by atoms with Gasteiger partial charge in [-0.1, -0.05) is 6.92 Å². The normalized spacial score (nSPS) is 20.1. The Balaban J connectivity index is 1.12. The molecule has 51 heavy (non-hydrogen) atoms. The number of anilines is 2. The van der Waals surface area contributed by atoms with E-state index in [-0.39, 0.29) is 52.4 Å². The van der Waals surface area contributed by atoms with Gasteiger partial charge in [-0.3, -0.25) is 9.59 Å². The van der Waals surface area contributed by atoms with Gasteiger partial charge in [-0.05, 0) is 51.6 Å². The van der Waals surface area contributed by atoms with Gasteiger partial charge in [0.1, 0.15) is 29.2 Å². The Kier molecular flexibility index (Phi) is 7.65. The molecule has 0 unspecified atom stereocenters. The maximum atomic E-state index is 15.9. The first kappa shape index (κ1) is 32.1. The van der Waals surface area contributed by atoms with Crippen molar-refractivity contribution < 1.29 is 17.9 Å². The Morgan fingerprint density at radius 1 is 0.804 bits per heavy atom. The van der Waals surface area contributed by atoms with Crippen molar-refractivity contribution in [3.8, 4) is 28.7 Å². The summed E-state index contributed by atoms with van der Waals surface area (Å²) in [6.45, 7) is 11.3. The predicted molar refractivity (Wildman–Crippen MR) is 191 cm³/mol. The molecule has 3 fully saturated rings. The number of likely N-dealkylation sites (N-methyl/N-ethyl adjacent to an activating group) is 2. The third-order valence-electron chi connectivity index (χ3n) is 11.0. The summed E-state index contributed by atoms with van der Waals surface area (Å²) in [7, 11) is 2.03. The SMILES string of the molecule is CCN1CCN(c2cc3c(cc2F)c(=O)c(-c2nnc(-c4cn5c6c(c(N7CCN(C)CC7)c(F)cc6c4=O)OC[C@H]5C)o2)cn3C2CC2)CC1. The molecule has 1 aliphatic carbocycles. The number of hydrogen-bond acceptors (Lipinski definition) is 10. The van der Waals surface area contributed by atoms with Crippen LogP contribution in [-0.4, -0.2) is 102 Å². The lowest BCUT2D eigenvalue weighted by Crippen LogP contribution is -2.46. The molecule has 1 saturated carbocycles. The number of piperazine rings is 2. The van der Waals surface area contributed by atoms with Crippen LogP contribution in [0.3, 0.4) is 0 Å². The quantitative estimate of drug-likeness (QED) is 0.252. The average Bonchev–Trinajstić information content (AvgIpc) is 3.87. The number of benzene rings is 2. The summed E-state index contributed by atoms with van der Waals surface area (Å²) < 4.78 is 47.8. The van der Waals surface area contributed by atoms with Crippen LogP contribution in [-0.2, 0) is 0 Å². The molecule has 0 N–H and O–H groups in total. The summed E-state index contributed by atoms with van der Waals surface area (Å²) >= 11 is 0. The highest BCUT2D eigenvalue weighted by Crippen LogP contribution is 2.43. The minimum atomic E-state index is -0.529. The van der Waals surface area contributed by atoms with Crippen LogP contribution in [0.5, 0.6) is 5.75 Å². The lowest BCUT2D eigenvalue weighted by atomic mass is 10.1. The zero-order valence-electron chi connectivity index (χ0n) is 29.0. The van der Waals surface area contributed by atoms with Crippen molar-refractivity contribution in [2.75, 3.05) is 82.4 Å². The molecule has 2 aromatic carbocycles. The van der Waals surface area contributed by atoms with Crippen molar-refractivity contribution in [1.82, 2.24) is 29.1 Å². The third-order valence-corrected chi connectivity index (χ3v) is 11.0. The Hall–Kier alpha value is -4.82. The van der Waals surface area contributed by atoms with Crippen molar-refractivity contribution >= 4 is 33.2 Å². The van der Waals surface area contributed by atoms with Gasteiger partial charge in [-0.25, -0.2) is 8.78 Å². The number of pyridine rings is 2. The topological polar surface area (TPSA) is 105 Å². The molecule has 6 heterocycles. The molecule has 12 nitrogen and oxygen atoms in total. The monoisotopic (exact) mass is 698 g/mol. The second-order valence-electron chi connectivity index (χ2n) is 14.3. The van der Waals surface area contributed by atoms with E-state index in [2.05, 4.69) is 26.9 Å². The van der Waals surface area contributed by atoms with Crippen molar-refractivity contribution in [2.24, 2.45) is 0 Å². The van der Waals surface area contributed by atoms with Gasteiger partial charge in [-0.15, -0.1) is 10.2 Å². The summed E-state index contributed by atoms with van der Waals surface area (Å²) in [4.78, 5) is 36.6. The summed E-state index contributed by atoms with van der Waals surface area (Å²) in [5.74, 6) is -0.779. The summed E-state index contributed by atoms with van der Waals surface area (Å²) in [5, 5.41) is 8.80. The molecule has 5 aromatic rings. The van der Waals surface area contributed by atoms with Gasteiger partial charge in [0.25, 0.3) is 11.8 Å². The zero-order valence-corrected chi connectivity index (χ0v) is 29.0. The van der Waals surface area contributed by atoms with Crippen molar-refractivity contribution in [3.05, 3.63) is 62.7 Å². The molecule has 0 amide bonds. The smallest absolute Gasteiger partial charge is 0.253 e. The third kappa shape index (κ3) is 5.29. The molecule has 0 spiro atoms. The van der Waals surface area contributed by atoms with Crippen LogP contribution in [0.4, 0.5) is 20.2 Å². The first-order chi connectivity index (χ1) is 24.7. The molecule has 2 saturated heterocycles. The zero-order chi connectivity index (χ0) is 35.1. The minimum Gasteiger partial charge on any atom is -0.487 e. The molecule has 3 aliphatic heterocycles. The van der Waals surface area contributed by atoms with E-state index in [0.717, 1.165) is 45.6 Å². The van der Waals surface area contributed by atoms with Gasteiger partial charge in [-0.2, -0.15) is 0 Å². The standard InChI is InChI=1S/C37H40F2N8O4/c1-4-43-9-13-44(14-10-43)30-17-29-23(15-27(30)38)33(48)26(19-47(29)22-5-6-22)37-41-40-36(51-37)25-18-46-21(2)20-50-35-31(46)24(34(25)49)16-28(39)32(35)45-11-7-42(3)8-12-45/h15-19,21-22H,4-14,20H2,1-3H3/t21-/m1/s1. The van der Waals surface area contributed by atoms with E-state index >= 15 is 8.78 Å². The first-order valence-corrected chi connectivity index (χ1v) is 17.9. The molecular weight excluding hydrogens is 658 g/mol. The number of aromatic nitrogens is 4. The van der Waals surface area contributed by atoms with Gasteiger partial charge in [0.15, 0.2) is 11.6 Å². The van der Waals surface area contributed by atoms with Gasteiger partial charge < -0.3 is 37.9 Å². The van der Waals surface area contributed by atoms with Crippen LogP contribution in [0, 0.1) is 11.6 Å². The van der Waals surface area contributed by atoms with Gasteiger partial charge in [0.05, 0.1) is 28.1 Å². The summed E-state index contributed by atoms with van der Waals surface area (Å²) in [6.07, 6.45) is 5.24. The van der Waals surface area contributed by atoms with Crippen LogP contribution in [0.1, 0.15) is 38.8 Å². The van der Waals surface area contributed by atoms with E-state index in [1.807, 2.05) is 32.9 Å². The molecule has 0 bridgehead atoms. The van der Waals surface area contributed by atoms with Gasteiger partial charge >= 0.3 is 0 Å². The van der Waals surface area contributed by atoms with Gasteiger partial charge in [0.2, 0.25) is 10.9 Å². The molecule has 14 heteroatoms. The molecule has 4 aliphatic rings. The van der Waals surface area contributed by atoms with Crippen molar-refractivity contribution in [1.29, 1.82) is 0 Å². The highest BCUT2D eigenvalue weighted by molar-refractivity contribution is 5.94. The number of hydrogen-bond donors (Lipinski definition) is 0. The fourth-order valence-corrected chi connectivity index (χ4v) is 7.84. The van der Waals surface area contributed by atoms with E-state index < -0.39 is 22.5 Å². The van der Waals surface area contributed by atoms with E-state index in [9.17, 15) is 9.59 Å². The first-order valence-electron chi connectivity index (χ1n) is 17.9. The Morgan fingerprint density at radius 2 is 1.43 bits per heavy atom. The number of rotatable bonds is 6. The maximum Gasteiger partial charge on any atom is 0.253 e. The fourth-order valence-electron chi connectivity index (χ4n) is 7.84. The van der Waals surface area contributed by atoms with Crippen LogP contribution in [0.2, 0.25) is 0 Å². The van der Waals surface area contributed by atoms with Crippen molar-refractivity contribution in [2.45, 2.75) is 38.8 Å². The van der Waals surface area contributed by atoms with Crippen molar-refractivity contribution in [3.63, 3.8) is 0 Å². The molecule has 9 rings (SSSR count). The number of fused-ring (bicyclic) bond motifs is 1. The van der Waals surface area contributed by atoms with Crippen LogP contribution >= 0.6 is 0 Å². The number of nitrogens with zero attached hydrogens (tertiary/aromatic N) is 8. The van der Waals surface area contributed by atoms with Gasteiger partial charge in [0, 0.05) is 76.2 Å². The molecule has 1 atom stereocenters. The lowest BCUT2D eigenvalue weighted by molar-refractivity contribution is 0.245. The number of ether oxygens (including phenoxy) is 1. The van der Waals surface area contributed by atoms with E-state index in [4.69, 9.17) is 9.15 Å². The second kappa shape index (κ2) is 12.2. The average molecular weight is 699 g/mol. The Bertz CT molecular complexity index is 2320. The molecule has 3 aromatic heterocycles. The highest BCUT2D eigenvalue weighted by Gasteiger charge is 2.32. The minimum absolute atomic E-state index is 0.0710. The van der Waals surface area contributed by atoms with Crippen LogP contribution in [0.15, 0.2) is 44.6 Å². The van der Waals surface area contributed by atoms with E-state index in [0.29, 0.717) is 54.3 Å². The molecular formula is C37H40F2N8O4. The van der Waals surface area contributed by atoms with Crippen LogP contribution < -0.4 is 25.4 Å². The van der Waals surface area contributed by atoms with E-state index in [1.165, 1.54) is 12.1 Å². The fraction of sp³-hybridized carbons (Fsp3) is 0.459. The summed E-state index contributed by atoms with van der Waals surface area (Å²) in [6, 6.07) is 4.38. The Morgan fingerprint density at radius 3 is 2.10 bits per heavy atom. The largest absolute Gasteiger partial charge is 0.487 e. The Labute approximate surface area is 292 Å². The van der Waals surface area contributed by atoms with Crippen LogP contribution in [0.25, 0.3) is 44.7 Å². The predicted octanol–water partition coefficient (Wildman–Crippen LogP) is 4.49. The number of halogens is 2. The van der Waals surface area contributed by atoms with E-state index in [1.54, 1.807) is 18.5 Å².